The van der Waals surface area contributed by atoms with Crippen molar-refractivity contribution in [1.82, 2.24) is 14.7 Å². The molecule has 0 unspecified atom stereocenters. The zero-order valence-electron chi connectivity index (χ0n) is 18.6. The number of carbonyl (C=O) groups is 2. The predicted octanol–water partition coefficient (Wildman–Crippen LogP) is 1.63. The van der Waals surface area contributed by atoms with Crippen LogP contribution in [0, 0.1) is 13.8 Å². The van der Waals surface area contributed by atoms with Gasteiger partial charge in [0.05, 0.1) is 42.0 Å². The molecule has 1 saturated heterocycles. The molecule has 10 heteroatoms. The molecule has 32 heavy (non-hydrogen) atoms. The third-order valence-corrected chi connectivity index (χ3v) is 7.92. The summed E-state index contributed by atoms with van der Waals surface area (Å²) in [6.07, 6.45) is 0.762. The monoisotopic (exact) mass is 460 g/mol. The van der Waals surface area contributed by atoms with Crippen molar-refractivity contribution in [2.75, 3.05) is 36.6 Å². The van der Waals surface area contributed by atoms with Crippen LogP contribution < -0.4 is 9.64 Å². The Morgan fingerprint density at radius 2 is 2.03 bits per heavy atom. The third-order valence-electron chi connectivity index (χ3n) is 6.17. The number of anilines is 1. The number of ether oxygens (including phenoxy) is 1. The first kappa shape index (κ1) is 22.3. The number of sulfone groups is 1. The molecular weight excluding hydrogens is 432 g/mol. The number of aromatic nitrogens is 2. The molecule has 0 N–H and O–H groups in total. The van der Waals surface area contributed by atoms with Crippen molar-refractivity contribution in [2.24, 2.45) is 0 Å². The first-order valence-corrected chi connectivity index (χ1v) is 12.5. The highest BCUT2D eigenvalue weighted by molar-refractivity contribution is 7.91. The fourth-order valence-electron chi connectivity index (χ4n) is 4.32. The van der Waals surface area contributed by atoms with Gasteiger partial charge >= 0.3 is 0 Å². The SMILES string of the molecule is Cc1nn([C@@H]2CCS(=O)(=O)C2)c(C)c1CN(C)C(=O)CN1C(=O)CCOc2ccccc21. The lowest BCUT2D eigenvalue weighted by molar-refractivity contribution is -0.130. The molecule has 9 nitrogen and oxygen atoms in total. The second kappa shape index (κ2) is 8.57. The molecule has 2 aliphatic heterocycles. The summed E-state index contributed by atoms with van der Waals surface area (Å²) in [7, 11) is -1.32. The van der Waals surface area contributed by atoms with Gasteiger partial charge in [-0.3, -0.25) is 19.2 Å². The van der Waals surface area contributed by atoms with Crippen LogP contribution in [0.3, 0.4) is 0 Å². The van der Waals surface area contributed by atoms with Crippen LogP contribution in [0.2, 0.25) is 0 Å². The van der Waals surface area contributed by atoms with Crippen molar-refractivity contribution >= 4 is 27.3 Å². The van der Waals surface area contributed by atoms with Gasteiger partial charge in [-0.2, -0.15) is 5.10 Å². The zero-order valence-corrected chi connectivity index (χ0v) is 19.4. The van der Waals surface area contributed by atoms with E-state index in [9.17, 15) is 18.0 Å². The Morgan fingerprint density at radius 3 is 2.75 bits per heavy atom. The fraction of sp³-hybridized carbons (Fsp3) is 0.500. The Kier molecular flexibility index (Phi) is 5.98. The Balaban J connectivity index is 1.49. The second-order valence-electron chi connectivity index (χ2n) is 8.45. The van der Waals surface area contributed by atoms with Gasteiger partial charge in [0, 0.05) is 24.8 Å². The quantitative estimate of drug-likeness (QED) is 0.672. The molecule has 1 aromatic carbocycles. The lowest BCUT2D eigenvalue weighted by Crippen LogP contribution is -2.41. The topological polar surface area (TPSA) is 102 Å². The Bertz CT molecular complexity index is 1160. The molecule has 2 aromatic rings. The van der Waals surface area contributed by atoms with E-state index >= 15 is 0 Å². The van der Waals surface area contributed by atoms with Crippen molar-refractivity contribution in [3.63, 3.8) is 0 Å². The van der Waals surface area contributed by atoms with Crippen LogP contribution in [-0.2, 0) is 26.0 Å². The highest BCUT2D eigenvalue weighted by Gasteiger charge is 2.32. The van der Waals surface area contributed by atoms with Crippen LogP contribution in [-0.4, -0.2) is 66.6 Å². The number of aryl methyl sites for hydroxylation is 1. The average molecular weight is 461 g/mol. The Labute approximate surface area is 187 Å². The molecule has 0 saturated carbocycles. The summed E-state index contributed by atoms with van der Waals surface area (Å²) in [6, 6.07) is 7.05. The number of rotatable bonds is 5. The lowest BCUT2D eigenvalue weighted by atomic mass is 10.1. The van der Waals surface area contributed by atoms with Gasteiger partial charge in [0.25, 0.3) is 0 Å². The molecule has 0 bridgehead atoms. The minimum Gasteiger partial charge on any atom is -0.491 e. The lowest BCUT2D eigenvalue weighted by Gasteiger charge is -2.25. The number of likely N-dealkylation sites (N-methyl/N-ethyl adjacent to an activating group) is 1. The van der Waals surface area contributed by atoms with Gasteiger partial charge in [0.2, 0.25) is 11.8 Å². The van der Waals surface area contributed by atoms with Gasteiger partial charge in [-0.1, -0.05) is 12.1 Å². The average Bonchev–Trinajstić information content (AvgIpc) is 3.19. The van der Waals surface area contributed by atoms with Crippen molar-refractivity contribution in [2.45, 2.75) is 39.3 Å². The number of para-hydroxylation sites is 2. The van der Waals surface area contributed by atoms with E-state index in [-0.39, 0.29) is 48.9 Å². The maximum atomic E-state index is 13.0. The summed E-state index contributed by atoms with van der Waals surface area (Å²) < 4.78 is 31.2. The van der Waals surface area contributed by atoms with Gasteiger partial charge in [0.15, 0.2) is 9.84 Å². The first-order valence-electron chi connectivity index (χ1n) is 10.7. The highest BCUT2D eigenvalue weighted by Crippen LogP contribution is 2.31. The Hall–Kier alpha value is -2.88. The summed E-state index contributed by atoms with van der Waals surface area (Å²) in [5.41, 5.74) is 3.14. The summed E-state index contributed by atoms with van der Waals surface area (Å²) in [6.45, 7) is 4.31. The molecule has 172 valence electrons. The normalized spacial score (nSPS) is 19.9. The van der Waals surface area contributed by atoms with Gasteiger partial charge in [-0.15, -0.1) is 0 Å². The van der Waals surface area contributed by atoms with E-state index in [2.05, 4.69) is 5.10 Å². The molecular formula is C22H28N4O5S. The van der Waals surface area contributed by atoms with Crippen LogP contribution in [0.4, 0.5) is 5.69 Å². The molecule has 1 atom stereocenters. The fourth-order valence-corrected chi connectivity index (χ4v) is 6.02. The third kappa shape index (κ3) is 4.36. The van der Waals surface area contributed by atoms with Gasteiger partial charge in [-0.25, -0.2) is 8.42 Å². The number of benzene rings is 1. The largest absolute Gasteiger partial charge is 0.491 e. The minimum atomic E-state index is -3.02. The van der Waals surface area contributed by atoms with E-state index in [0.717, 1.165) is 17.0 Å². The van der Waals surface area contributed by atoms with Crippen LogP contribution in [0.25, 0.3) is 0 Å². The first-order chi connectivity index (χ1) is 15.2. The van der Waals surface area contributed by atoms with Crippen LogP contribution >= 0.6 is 0 Å². The molecule has 0 spiro atoms. The smallest absolute Gasteiger partial charge is 0.242 e. The molecule has 4 rings (SSSR count). The maximum absolute atomic E-state index is 13.0. The number of amides is 2. The molecule has 3 heterocycles. The summed E-state index contributed by atoms with van der Waals surface area (Å²) in [5.74, 6) is 0.512. The number of fused-ring (bicyclic) bond motifs is 1. The van der Waals surface area contributed by atoms with Crippen molar-refractivity contribution in [1.29, 1.82) is 0 Å². The van der Waals surface area contributed by atoms with Crippen LogP contribution in [0.5, 0.6) is 5.75 Å². The number of carbonyl (C=O) groups excluding carboxylic acids is 2. The van der Waals surface area contributed by atoms with Gasteiger partial charge < -0.3 is 9.64 Å². The van der Waals surface area contributed by atoms with Crippen LogP contribution in [0.15, 0.2) is 24.3 Å². The van der Waals surface area contributed by atoms with E-state index in [1.165, 1.54) is 4.90 Å². The predicted molar refractivity (Wildman–Crippen MR) is 119 cm³/mol. The number of nitrogens with zero attached hydrogens (tertiary/aromatic N) is 4. The van der Waals surface area contributed by atoms with E-state index in [4.69, 9.17) is 4.74 Å². The van der Waals surface area contributed by atoms with Gasteiger partial charge in [0.1, 0.15) is 12.3 Å². The zero-order chi connectivity index (χ0) is 23.0. The molecule has 0 radical (unpaired) electrons. The molecule has 1 aromatic heterocycles. The van der Waals surface area contributed by atoms with Gasteiger partial charge in [-0.05, 0) is 32.4 Å². The standard InChI is InChI=1S/C22H28N4O5S/c1-15-18(16(2)26(23-15)17-9-11-32(29,30)14-17)12-24(3)22(28)13-25-19-6-4-5-7-20(19)31-10-8-21(25)27/h4-7,17H,8-14H2,1-3H3/t17-/m1/s1. The summed E-state index contributed by atoms with van der Waals surface area (Å²) >= 11 is 0. The molecule has 2 amide bonds. The maximum Gasteiger partial charge on any atom is 0.242 e. The molecule has 1 fully saturated rings. The highest BCUT2D eigenvalue weighted by atomic mass is 32.2. The number of hydrogen-bond donors (Lipinski definition) is 0. The second-order valence-corrected chi connectivity index (χ2v) is 10.7. The van der Waals surface area contributed by atoms with Crippen molar-refractivity contribution < 1.29 is 22.7 Å². The van der Waals surface area contributed by atoms with E-state index in [1.807, 2.05) is 26.0 Å². The van der Waals surface area contributed by atoms with E-state index in [1.54, 1.807) is 28.8 Å². The molecule has 0 aliphatic carbocycles. The number of hydrogen-bond acceptors (Lipinski definition) is 6. The summed E-state index contributed by atoms with van der Waals surface area (Å²) in [5, 5.41) is 4.57. The minimum absolute atomic E-state index is 0.0805. The van der Waals surface area contributed by atoms with E-state index in [0.29, 0.717) is 24.4 Å². The molecule has 2 aliphatic rings. The van der Waals surface area contributed by atoms with Crippen molar-refractivity contribution in [3.05, 3.63) is 41.2 Å². The van der Waals surface area contributed by atoms with E-state index < -0.39 is 9.84 Å². The van der Waals surface area contributed by atoms with Crippen molar-refractivity contribution in [3.8, 4) is 5.75 Å². The summed E-state index contributed by atoms with van der Waals surface area (Å²) in [4.78, 5) is 28.7. The van der Waals surface area contributed by atoms with Crippen LogP contribution in [0.1, 0.15) is 35.8 Å². The Morgan fingerprint density at radius 1 is 1.28 bits per heavy atom.